The van der Waals surface area contributed by atoms with Crippen LogP contribution in [-0.2, 0) is 4.79 Å². The predicted octanol–water partition coefficient (Wildman–Crippen LogP) is 2.40. The van der Waals surface area contributed by atoms with E-state index in [4.69, 9.17) is 9.47 Å². The Labute approximate surface area is 157 Å². The molecule has 0 spiro atoms. The van der Waals surface area contributed by atoms with E-state index in [1.165, 1.54) is 16.1 Å². The van der Waals surface area contributed by atoms with Gasteiger partial charge in [0.15, 0.2) is 0 Å². The minimum absolute atomic E-state index is 0.276. The minimum atomic E-state index is -0.284. The lowest BCUT2D eigenvalue weighted by molar-refractivity contribution is -0.134. The number of carbonyl (C=O) groups is 2. The van der Waals surface area contributed by atoms with Crippen molar-refractivity contribution in [3.05, 3.63) is 59.9 Å². The average Bonchev–Trinajstić information content (AvgIpc) is 3.21. The first-order chi connectivity index (χ1) is 13.1. The highest BCUT2D eigenvalue weighted by atomic mass is 16.5. The van der Waals surface area contributed by atoms with Gasteiger partial charge in [0, 0.05) is 30.9 Å². The largest absolute Gasteiger partial charge is 0.497 e. The van der Waals surface area contributed by atoms with Crippen LogP contribution >= 0.6 is 0 Å². The number of rotatable bonds is 5. The number of hydrazine groups is 1. The number of hydrogen-bond donors (Lipinski definition) is 0. The van der Waals surface area contributed by atoms with Gasteiger partial charge in [-0.15, -0.1) is 0 Å². The monoisotopic (exact) mass is 367 g/mol. The third-order valence-corrected chi connectivity index (χ3v) is 4.25. The Bertz CT molecular complexity index is 852. The maximum absolute atomic E-state index is 12.7. The van der Waals surface area contributed by atoms with Crippen LogP contribution < -0.4 is 9.47 Å². The van der Waals surface area contributed by atoms with E-state index in [2.05, 4.69) is 4.98 Å². The number of aromatic nitrogens is 1. The van der Waals surface area contributed by atoms with Crippen LogP contribution in [-0.4, -0.2) is 54.1 Å². The van der Waals surface area contributed by atoms with E-state index in [-0.39, 0.29) is 11.8 Å². The van der Waals surface area contributed by atoms with Crippen molar-refractivity contribution >= 4 is 17.9 Å². The summed E-state index contributed by atoms with van der Waals surface area (Å²) in [5.41, 5.74) is 1.03. The molecular weight excluding hydrogens is 346 g/mol. The van der Waals surface area contributed by atoms with Gasteiger partial charge in [0.2, 0.25) is 0 Å². The number of hydrogen-bond acceptors (Lipinski definition) is 5. The molecule has 0 radical (unpaired) electrons. The molecule has 0 unspecified atom stereocenters. The summed E-state index contributed by atoms with van der Waals surface area (Å²) in [6, 6.07) is 10.5. The van der Waals surface area contributed by atoms with Crippen molar-refractivity contribution in [1.29, 1.82) is 0 Å². The summed E-state index contributed by atoms with van der Waals surface area (Å²) in [6.45, 7) is 0.967. The van der Waals surface area contributed by atoms with Crippen LogP contribution in [0.5, 0.6) is 11.5 Å². The molecule has 7 heteroatoms. The first kappa shape index (κ1) is 18.4. The zero-order chi connectivity index (χ0) is 19.2. The molecule has 0 bridgehead atoms. The third kappa shape index (κ3) is 4.08. The molecule has 3 rings (SSSR count). The molecule has 0 aliphatic carbocycles. The molecule has 0 saturated carbocycles. The molecule has 1 aromatic heterocycles. The smallest absolute Gasteiger partial charge is 0.291 e. The number of carbonyl (C=O) groups excluding carboxylic acids is 2. The van der Waals surface area contributed by atoms with E-state index in [0.29, 0.717) is 35.8 Å². The van der Waals surface area contributed by atoms with Gasteiger partial charge in [-0.3, -0.25) is 14.6 Å². The highest BCUT2D eigenvalue weighted by molar-refractivity contribution is 5.97. The van der Waals surface area contributed by atoms with Crippen molar-refractivity contribution in [3.8, 4) is 11.5 Å². The second kappa shape index (κ2) is 8.35. The molecule has 1 aromatic carbocycles. The minimum Gasteiger partial charge on any atom is -0.497 e. The Hall–Kier alpha value is -3.35. The fourth-order valence-electron chi connectivity index (χ4n) is 2.89. The van der Waals surface area contributed by atoms with Gasteiger partial charge in [0.05, 0.1) is 14.2 Å². The van der Waals surface area contributed by atoms with E-state index in [9.17, 15) is 9.59 Å². The van der Waals surface area contributed by atoms with E-state index < -0.39 is 0 Å². The normalized spacial score (nSPS) is 13.9. The summed E-state index contributed by atoms with van der Waals surface area (Å²) < 4.78 is 10.5. The van der Waals surface area contributed by atoms with Crippen LogP contribution in [0.3, 0.4) is 0 Å². The Balaban J connectivity index is 1.77. The first-order valence-electron chi connectivity index (χ1n) is 8.58. The summed E-state index contributed by atoms with van der Waals surface area (Å²) in [6.07, 6.45) is 5.37. The number of methoxy groups -OCH3 is 2. The lowest BCUT2D eigenvalue weighted by Crippen LogP contribution is -2.44. The molecule has 2 aromatic rings. The van der Waals surface area contributed by atoms with Gasteiger partial charge in [-0.05, 0) is 42.8 Å². The van der Waals surface area contributed by atoms with Gasteiger partial charge in [-0.1, -0.05) is 6.07 Å². The highest BCUT2D eigenvalue weighted by Crippen LogP contribution is 2.25. The number of benzene rings is 1. The van der Waals surface area contributed by atoms with Crippen LogP contribution in [0.1, 0.15) is 22.5 Å². The lowest BCUT2D eigenvalue weighted by Gasteiger charge is -2.26. The highest BCUT2D eigenvalue weighted by Gasteiger charge is 2.30. The van der Waals surface area contributed by atoms with Crippen molar-refractivity contribution in [2.45, 2.75) is 6.42 Å². The molecule has 0 atom stereocenters. The number of pyridine rings is 1. The number of amides is 2. The van der Waals surface area contributed by atoms with E-state index in [1.54, 1.807) is 62.9 Å². The average molecular weight is 367 g/mol. The molecule has 140 valence electrons. The molecule has 7 nitrogen and oxygen atoms in total. The second-order valence-corrected chi connectivity index (χ2v) is 5.90. The number of nitrogens with zero attached hydrogens (tertiary/aromatic N) is 3. The van der Waals surface area contributed by atoms with E-state index in [1.807, 2.05) is 0 Å². The number of ether oxygens (including phenoxy) is 2. The van der Waals surface area contributed by atoms with Crippen LogP contribution in [0.2, 0.25) is 0 Å². The molecule has 1 fully saturated rings. The van der Waals surface area contributed by atoms with Gasteiger partial charge in [-0.25, -0.2) is 10.0 Å². The van der Waals surface area contributed by atoms with Gasteiger partial charge in [-0.2, -0.15) is 0 Å². The van der Waals surface area contributed by atoms with Crippen molar-refractivity contribution in [3.63, 3.8) is 0 Å². The second-order valence-electron chi connectivity index (χ2n) is 5.90. The summed E-state index contributed by atoms with van der Waals surface area (Å²) in [5, 5.41) is 2.89. The fraction of sp³-hybridized carbons (Fsp3) is 0.250. The van der Waals surface area contributed by atoms with Gasteiger partial charge < -0.3 is 9.47 Å². The standard InChI is InChI=1S/C20H21N3O4/c1-26-16-8-9-18(27-2)15(14-16)7-10-19(24)22-12-5-13-23(22)20(25)17-6-3-4-11-21-17/h3-4,6-11,14H,5,12-13H2,1-2H3/b10-7+. The van der Waals surface area contributed by atoms with Crippen molar-refractivity contribution in [1.82, 2.24) is 15.0 Å². The molecular formula is C20H21N3O4. The third-order valence-electron chi connectivity index (χ3n) is 4.25. The topological polar surface area (TPSA) is 72.0 Å². The lowest BCUT2D eigenvalue weighted by atomic mass is 10.1. The fourth-order valence-corrected chi connectivity index (χ4v) is 2.89. The maximum Gasteiger partial charge on any atom is 0.291 e. The van der Waals surface area contributed by atoms with E-state index >= 15 is 0 Å². The van der Waals surface area contributed by atoms with Crippen LogP contribution in [0, 0.1) is 0 Å². The quantitative estimate of drug-likeness (QED) is 0.759. The van der Waals surface area contributed by atoms with Crippen molar-refractivity contribution in [2.24, 2.45) is 0 Å². The molecule has 1 aliphatic heterocycles. The summed E-state index contributed by atoms with van der Waals surface area (Å²) in [4.78, 5) is 29.4. The van der Waals surface area contributed by atoms with Gasteiger partial charge >= 0.3 is 0 Å². The zero-order valence-electron chi connectivity index (χ0n) is 15.3. The Kier molecular flexibility index (Phi) is 5.71. The van der Waals surface area contributed by atoms with Gasteiger partial charge in [0.1, 0.15) is 17.2 Å². The summed E-state index contributed by atoms with van der Waals surface area (Å²) >= 11 is 0. The molecule has 0 N–H and O–H groups in total. The molecule has 2 heterocycles. The van der Waals surface area contributed by atoms with E-state index in [0.717, 1.165) is 6.42 Å². The van der Waals surface area contributed by atoms with Crippen LogP contribution in [0.25, 0.3) is 6.08 Å². The first-order valence-corrected chi connectivity index (χ1v) is 8.58. The molecule has 2 amide bonds. The van der Waals surface area contributed by atoms with Crippen molar-refractivity contribution in [2.75, 3.05) is 27.3 Å². The Morgan fingerprint density at radius 3 is 2.59 bits per heavy atom. The predicted molar refractivity (Wildman–Crippen MR) is 100 cm³/mol. The Morgan fingerprint density at radius 2 is 1.89 bits per heavy atom. The van der Waals surface area contributed by atoms with Crippen LogP contribution in [0.4, 0.5) is 0 Å². The van der Waals surface area contributed by atoms with Gasteiger partial charge in [0.25, 0.3) is 11.8 Å². The maximum atomic E-state index is 12.7. The zero-order valence-corrected chi connectivity index (χ0v) is 15.3. The van der Waals surface area contributed by atoms with Crippen LogP contribution in [0.15, 0.2) is 48.7 Å². The molecule has 1 aliphatic rings. The summed E-state index contributed by atoms with van der Waals surface area (Å²) in [5.74, 6) is 0.731. The Morgan fingerprint density at radius 1 is 1.07 bits per heavy atom. The molecule has 1 saturated heterocycles. The molecule has 27 heavy (non-hydrogen) atoms. The van der Waals surface area contributed by atoms with Crippen molar-refractivity contribution < 1.29 is 19.1 Å². The SMILES string of the molecule is COc1ccc(OC)c(/C=C/C(=O)N2CCCN2C(=O)c2ccccn2)c1. The summed E-state index contributed by atoms with van der Waals surface area (Å²) in [7, 11) is 3.14.